The third-order valence-corrected chi connectivity index (χ3v) is 1.18. The first-order chi connectivity index (χ1) is 5.41. The minimum Gasteiger partial charge on any atom is -0.506 e. The number of alkyl halides is 3. The Morgan fingerprint density at radius 2 is 1.92 bits per heavy atom. The molecule has 0 fully saturated rings. The molecule has 0 saturated heterocycles. The van der Waals surface area contributed by atoms with E-state index in [4.69, 9.17) is 5.11 Å². The van der Waals surface area contributed by atoms with Gasteiger partial charge < -0.3 is 10.1 Å². The highest BCUT2D eigenvalue weighted by Crippen LogP contribution is 2.32. The fourth-order valence-electron chi connectivity index (χ4n) is 0.683. The second-order valence-corrected chi connectivity index (χ2v) is 2.08. The second-order valence-electron chi connectivity index (χ2n) is 2.08. The van der Waals surface area contributed by atoms with Crippen LogP contribution in [0.3, 0.4) is 0 Å². The first kappa shape index (κ1) is 8.63. The summed E-state index contributed by atoms with van der Waals surface area (Å²) in [6, 6.07) is 1.51. The molecule has 0 bridgehead atoms. The van der Waals surface area contributed by atoms with E-state index in [1.165, 1.54) is 4.98 Å². The topological polar surface area (TPSA) is 53.1 Å². The van der Waals surface area contributed by atoms with Gasteiger partial charge in [-0.15, -0.1) is 0 Å². The molecule has 0 atom stereocenters. The quantitative estimate of drug-likeness (QED) is 0.626. The van der Waals surface area contributed by atoms with E-state index < -0.39 is 23.2 Å². The first-order valence-electron chi connectivity index (χ1n) is 2.91. The number of aromatic nitrogens is 1. The molecular formula is C6H4F3NO2. The summed E-state index contributed by atoms with van der Waals surface area (Å²) in [5, 5.41) is 8.68. The number of pyridine rings is 1. The Labute approximate surface area is 64.5 Å². The minimum absolute atomic E-state index is 0.696. The fraction of sp³-hybridized carbons (Fsp3) is 0.167. The summed E-state index contributed by atoms with van der Waals surface area (Å²) in [4.78, 5) is 11.9. The van der Waals surface area contributed by atoms with Crippen LogP contribution in [0.4, 0.5) is 13.2 Å². The Kier molecular flexibility index (Phi) is 1.83. The minimum atomic E-state index is -4.73. The van der Waals surface area contributed by atoms with Gasteiger partial charge in [0.2, 0.25) is 5.56 Å². The molecule has 1 rings (SSSR count). The Morgan fingerprint density at radius 3 is 2.33 bits per heavy atom. The number of rotatable bonds is 0. The number of hydrogen-bond donors (Lipinski definition) is 2. The van der Waals surface area contributed by atoms with Gasteiger partial charge in [-0.25, -0.2) is 0 Å². The smallest absolute Gasteiger partial charge is 0.435 e. The van der Waals surface area contributed by atoms with Crippen LogP contribution < -0.4 is 5.56 Å². The number of hydrogen-bond acceptors (Lipinski definition) is 2. The van der Waals surface area contributed by atoms with Gasteiger partial charge in [0.1, 0.15) is 5.75 Å². The zero-order valence-corrected chi connectivity index (χ0v) is 5.64. The van der Waals surface area contributed by atoms with Gasteiger partial charge in [0.05, 0.1) is 0 Å². The van der Waals surface area contributed by atoms with Crippen molar-refractivity contribution >= 4 is 0 Å². The van der Waals surface area contributed by atoms with Crippen molar-refractivity contribution < 1.29 is 18.3 Å². The molecule has 66 valence electrons. The predicted molar refractivity (Wildman–Crippen MR) is 33.7 cm³/mol. The van der Waals surface area contributed by atoms with E-state index in [-0.39, 0.29) is 0 Å². The van der Waals surface area contributed by atoms with Gasteiger partial charge in [-0.2, -0.15) is 13.2 Å². The molecule has 12 heavy (non-hydrogen) atoms. The summed E-state index contributed by atoms with van der Waals surface area (Å²) in [5.41, 5.74) is -2.32. The lowest BCUT2D eigenvalue weighted by Crippen LogP contribution is -2.15. The van der Waals surface area contributed by atoms with Gasteiger partial charge in [0, 0.05) is 6.07 Å². The van der Waals surface area contributed by atoms with E-state index in [1.54, 1.807) is 0 Å². The van der Waals surface area contributed by atoms with Crippen molar-refractivity contribution in [3.8, 4) is 5.75 Å². The van der Waals surface area contributed by atoms with Gasteiger partial charge in [-0.05, 0) is 6.07 Å². The average molecular weight is 179 g/mol. The summed E-state index contributed by atoms with van der Waals surface area (Å²) < 4.78 is 35.7. The largest absolute Gasteiger partial charge is 0.506 e. The molecule has 0 saturated carbocycles. The van der Waals surface area contributed by atoms with Crippen LogP contribution in [0, 0.1) is 0 Å². The third-order valence-electron chi connectivity index (χ3n) is 1.18. The number of aromatic hydroxyl groups is 1. The van der Waals surface area contributed by atoms with Crippen molar-refractivity contribution in [3.63, 3.8) is 0 Å². The maximum absolute atomic E-state index is 11.9. The van der Waals surface area contributed by atoms with E-state index in [0.29, 0.717) is 6.07 Å². The van der Waals surface area contributed by atoms with Crippen LogP contribution in [0.15, 0.2) is 16.9 Å². The lowest BCUT2D eigenvalue weighted by molar-refractivity contribution is -0.142. The molecule has 1 aromatic heterocycles. The Bertz CT molecular complexity index is 341. The van der Waals surface area contributed by atoms with Crippen molar-refractivity contribution in [2.75, 3.05) is 0 Å². The number of aromatic amines is 1. The summed E-state index contributed by atoms with van der Waals surface area (Å²) in [7, 11) is 0. The van der Waals surface area contributed by atoms with Crippen molar-refractivity contribution in [2.45, 2.75) is 6.18 Å². The standard InChI is InChI=1S/C6H4F3NO2/c7-6(8,9)5-3(11)1-2-4(12)10-5/h1-2,11H,(H,10,12). The van der Waals surface area contributed by atoms with Crippen LogP contribution in [0.2, 0.25) is 0 Å². The molecular weight excluding hydrogens is 175 g/mol. The summed E-state index contributed by atoms with van der Waals surface area (Å²) in [5.74, 6) is -0.984. The highest BCUT2D eigenvalue weighted by molar-refractivity contribution is 5.27. The SMILES string of the molecule is O=c1ccc(O)c(C(F)(F)F)[nH]1. The Balaban J connectivity index is 3.33. The fourth-order valence-corrected chi connectivity index (χ4v) is 0.683. The molecule has 0 spiro atoms. The molecule has 0 amide bonds. The van der Waals surface area contributed by atoms with Crippen molar-refractivity contribution in [3.05, 3.63) is 28.2 Å². The Morgan fingerprint density at radius 1 is 1.33 bits per heavy atom. The molecule has 2 N–H and O–H groups in total. The number of halogens is 3. The molecule has 0 unspecified atom stereocenters. The summed E-state index contributed by atoms with van der Waals surface area (Å²) in [6.07, 6.45) is -4.73. The van der Waals surface area contributed by atoms with Crippen LogP contribution in [-0.2, 0) is 6.18 Å². The molecule has 0 aliphatic heterocycles. The third kappa shape index (κ3) is 1.58. The van der Waals surface area contributed by atoms with E-state index in [1.807, 2.05) is 0 Å². The summed E-state index contributed by atoms with van der Waals surface area (Å²) in [6.45, 7) is 0. The normalized spacial score (nSPS) is 11.6. The highest BCUT2D eigenvalue weighted by atomic mass is 19.4. The molecule has 6 heteroatoms. The molecule has 0 aliphatic carbocycles. The van der Waals surface area contributed by atoms with Crippen LogP contribution in [0.1, 0.15) is 5.69 Å². The van der Waals surface area contributed by atoms with Crippen LogP contribution >= 0.6 is 0 Å². The van der Waals surface area contributed by atoms with Gasteiger partial charge in [-0.1, -0.05) is 0 Å². The van der Waals surface area contributed by atoms with Gasteiger partial charge >= 0.3 is 6.18 Å². The van der Waals surface area contributed by atoms with E-state index >= 15 is 0 Å². The first-order valence-corrected chi connectivity index (χ1v) is 2.91. The molecule has 0 radical (unpaired) electrons. The average Bonchev–Trinajstić information content (AvgIpc) is 1.92. The van der Waals surface area contributed by atoms with Crippen molar-refractivity contribution in [1.29, 1.82) is 0 Å². The van der Waals surface area contributed by atoms with Crippen molar-refractivity contribution in [2.24, 2.45) is 0 Å². The maximum Gasteiger partial charge on any atom is 0.435 e. The number of nitrogens with one attached hydrogen (secondary N) is 1. The predicted octanol–water partition coefficient (Wildman–Crippen LogP) is 1.10. The Hall–Kier alpha value is -1.46. The molecule has 0 aromatic carbocycles. The molecule has 3 nitrogen and oxygen atoms in total. The van der Waals surface area contributed by atoms with Crippen molar-refractivity contribution in [1.82, 2.24) is 4.98 Å². The lowest BCUT2D eigenvalue weighted by atomic mass is 10.3. The van der Waals surface area contributed by atoms with E-state index in [0.717, 1.165) is 6.07 Å². The van der Waals surface area contributed by atoms with E-state index in [2.05, 4.69) is 0 Å². The molecule has 1 aromatic rings. The monoisotopic (exact) mass is 179 g/mol. The maximum atomic E-state index is 11.9. The molecule has 1 heterocycles. The highest BCUT2D eigenvalue weighted by Gasteiger charge is 2.34. The lowest BCUT2D eigenvalue weighted by Gasteiger charge is -2.06. The van der Waals surface area contributed by atoms with Gasteiger partial charge in [0.15, 0.2) is 5.69 Å². The van der Waals surface area contributed by atoms with Gasteiger partial charge in [-0.3, -0.25) is 4.79 Å². The van der Waals surface area contributed by atoms with Crippen LogP contribution in [0.25, 0.3) is 0 Å². The number of H-pyrrole nitrogens is 1. The van der Waals surface area contributed by atoms with Crippen LogP contribution in [-0.4, -0.2) is 10.1 Å². The zero-order valence-electron chi connectivity index (χ0n) is 5.64. The summed E-state index contributed by atoms with van der Waals surface area (Å²) >= 11 is 0. The second kappa shape index (κ2) is 2.54. The zero-order chi connectivity index (χ0) is 9.35. The van der Waals surface area contributed by atoms with E-state index in [9.17, 15) is 18.0 Å². The van der Waals surface area contributed by atoms with Gasteiger partial charge in [0.25, 0.3) is 0 Å². The van der Waals surface area contributed by atoms with Crippen LogP contribution in [0.5, 0.6) is 5.75 Å². The molecule has 0 aliphatic rings.